The summed E-state index contributed by atoms with van der Waals surface area (Å²) < 4.78 is 0. The molecule has 0 saturated carbocycles. The van der Waals surface area contributed by atoms with Crippen LogP contribution in [-0.4, -0.2) is 15.0 Å². The van der Waals surface area contributed by atoms with E-state index in [2.05, 4.69) is 153 Å². The Balaban J connectivity index is 1.05. The van der Waals surface area contributed by atoms with Crippen LogP contribution in [-0.2, 0) is 10.8 Å². The molecule has 0 fully saturated rings. The Morgan fingerprint density at radius 2 is 0.850 bits per heavy atom. The molecule has 286 valence electrons. The maximum atomic E-state index is 6.16. The summed E-state index contributed by atoms with van der Waals surface area (Å²) in [6.45, 7) is 4.74. The molecule has 0 unspecified atom stereocenters. The van der Waals surface area contributed by atoms with Crippen molar-refractivity contribution in [3.63, 3.8) is 0 Å². The lowest BCUT2D eigenvalue weighted by molar-refractivity contribution is 0.549. The Labute approximate surface area is 354 Å². The van der Waals surface area contributed by atoms with Crippen LogP contribution in [0.3, 0.4) is 0 Å². The number of hydrogen-bond donors (Lipinski definition) is 1. The first-order valence-electron chi connectivity index (χ1n) is 20.4. The van der Waals surface area contributed by atoms with Crippen LogP contribution >= 0.6 is 11.8 Å². The minimum absolute atomic E-state index is 0.153. The molecule has 2 N–H and O–H groups in total. The molecular formula is C55H40N4S. The van der Waals surface area contributed by atoms with Crippen molar-refractivity contribution in [3.05, 3.63) is 228 Å². The lowest BCUT2D eigenvalue weighted by atomic mass is 9.54. The summed E-state index contributed by atoms with van der Waals surface area (Å²) in [5, 5.41) is 0. The Kier molecular flexibility index (Phi) is 8.43. The molecule has 1 aliphatic heterocycles. The Morgan fingerprint density at radius 3 is 1.52 bits per heavy atom. The van der Waals surface area contributed by atoms with E-state index < -0.39 is 5.41 Å². The van der Waals surface area contributed by atoms with Crippen LogP contribution in [0.15, 0.2) is 204 Å². The zero-order valence-corrected chi connectivity index (χ0v) is 34.1. The highest BCUT2D eigenvalue weighted by molar-refractivity contribution is 7.99. The highest BCUT2D eigenvalue weighted by atomic mass is 32.2. The van der Waals surface area contributed by atoms with Gasteiger partial charge in [0.15, 0.2) is 17.5 Å². The maximum Gasteiger partial charge on any atom is 0.164 e. The fourth-order valence-corrected chi connectivity index (χ4v) is 10.9. The molecule has 1 aromatic heterocycles. The number of nitrogens with two attached hydrogens (primary N) is 1. The second kappa shape index (κ2) is 14.0. The molecule has 1 spiro atoms. The molecule has 8 aromatic carbocycles. The largest absolute Gasteiger partial charge is 0.399 e. The fourth-order valence-electron chi connectivity index (χ4n) is 9.58. The summed E-state index contributed by atoms with van der Waals surface area (Å²) in [7, 11) is 0. The molecular weight excluding hydrogens is 749 g/mol. The van der Waals surface area contributed by atoms with Crippen LogP contribution in [0, 0.1) is 0 Å². The van der Waals surface area contributed by atoms with Gasteiger partial charge in [-0.1, -0.05) is 195 Å². The summed E-state index contributed by atoms with van der Waals surface area (Å²) in [6.07, 6.45) is 0. The van der Waals surface area contributed by atoms with E-state index in [1.165, 1.54) is 48.7 Å². The van der Waals surface area contributed by atoms with E-state index in [1.54, 1.807) is 0 Å². The second-order valence-electron chi connectivity index (χ2n) is 16.2. The standard InChI is InChI=1S/C55H40N4S/c1-54(2)43-22-6-8-24-45(43)55(46-25-9-7-23-44(46)54)47-26-10-11-28-49(47)60-50-42(21-14-27-48(50)55)35-29-31-37(32-30-35)52-57-51(36-15-4-3-5-16-36)58-53(59-52)40-19-12-17-38(33-40)39-18-13-20-41(56)34-39/h3-34H,56H2,1-2H3. The smallest absolute Gasteiger partial charge is 0.164 e. The van der Waals surface area contributed by atoms with E-state index >= 15 is 0 Å². The van der Waals surface area contributed by atoms with Gasteiger partial charge in [0.1, 0.15) is 0 Å². The summed E-state index contributed by atoms with van der Waals surface area (Å²) >= 11 is 1.88. The van der Waals surface area contributed by atoms with Crippen molar-refractivity contribution >= 4 is 17.4 Å². The minimum Gasteiger partial charge on any atom is -0.399 e. The number of nitrogen functional groups attached to an aromatic ring is 1. The molecule has 9 aromatic rings. The number of benzene rings is 8. The van der Waals surface area contributed by atoms with Gasteiger partial charge in [0.05, 0.1) is 5.41 Å². The van der Waals surface area contributed by atoms with E-state index in [0.717, 1.165) is 39.1 Å². The van der Waals surface area contributed by atoms with E-state index in [-0.39, 0.29) is 5.41 Å². The predicted octanol–water partition coefficient (Wildman–Crippen LogP) is 13.3. The van der Waals surface area contributed by atoms with Gasteiger partial charge in [0.25, 0.3) is 0 Å². The van der Waals surface area contributed by atoms with Gasteiger partial charge in [-0.2, -0.15) is 0 Å². The average Bonchev–Trinajstić information content (AvgIpc) is 3.30. The lowest BCUT2D eigenvalue weighted by Gasteiger charge is -2.50. The molecule has 11 rings (SSSR count). The maximum absolute atomic E-state index is 6.16. The van der Waals surface area contributed by atoms with Crippen molar-refractivity contribution in [2.45, 2.75) is 34.5 Å². The first-order valence-corrected chi connectivity index (χ1v) is 21.2. The zero-order chi connectivity index (χ0) is 40.4. The van der Waals surface area contributed by atoms with E-state index in [0.29, 0.717) is 17.5 Å². The molecule has 0 radical (unpaired) electrons. The van der Waals surface area contributed by atoms with Gasteiger partial charge in [-0.3, -0.25) is 0 Å². The van der Waals surface area contributed by atoms with Gasteiger partial charge in [-0.05, 0) is 79.9 Å². The minimum atomic E-state index is -0.477. The highest BCUT2D eigenvalue weighted by Gasteiger charge is 2.52. The summed E-state index contributed by atoms with van der Waals surface area (Å²) in [6, 6.07) is 69.2. The fraction of sp³-hybridized carbons (Fsp3) is 0.0727. The molecule has 0 saturated heterocycles. The van der Waals surface area contributed by atoms with Crippen LogP contribution in [0.4, 0.5) is 5.69 Å². The van der Waals surface area contributed by atoms with Gasteiger partial charge in [0.2, 0.25) is 0 Å². The molecule has 2 aliphatic rings. The second-order valence-corrected chi connectivity index (χ2v) is 17.3. The van der Waals surface area contributed by atoms with Gasteiger partial charge in [-0.15, -0.1) is 0 Å². The average molecular weight is 789 g/mol. The van der Waals surface area contributed by atoms with Gasteiger partial charge < -0.3 is 5.73 Å². The third kappa shape index (κ3) is 5.65. The number of anilines is 1. The van der Waals surface area contributed by atoms with Crippen molar-refractivity contribution < 1.29 is 0 Å². The zero-order valence-electron chi connectivity index (χ0n) is 33.3. The Bertz CT molecular complexity index is 3070. The van der Waals surface area contributed by atoms with Gasteiger partial charge >= 0.3 is 0 Å². The molecule has 5 heteroatoms. The van der Waals surface area contributed by atoms with Crippen LogP contribution < -0.4 is 5.73 Å². The van der Waals surface area contributed by atoms with Crippen molar-refractivity contribution in [1.82, 2.24) is 15.0 Å². The van der Waals surface area contributed by atoms with E-state index in [4.69, 9.17) is 20.7 Å². The Morgan fingerprint density at radius 1 is 0.383 bits per heavy atom. The quantitative estimate of drug-likeness (QED) is 0.176. The third-order valence-corrected chi connectivity index (χ3v) is 13.6. The topological polar surface area (TPSA) is 64.7 Å². The summed E-state index contributed by atoms with van der Waals surface area (Å²) in [5.41, 5.74) is 21.6. The molecule has 2 heterocycles. The number of rotatable bonds is 5. The SMILES string of the molecule is CC1(C)c2ccccc2C2(c3ccccc3Sc3c(-c4ccc(-c5nc(-c6ccccc6)nc(-c6cccc(-c7cccc(N)c7)c6)n5)cc4)cccc32)c2ccccc21. The van der Waals surface area contributed by atoms with Crippen molar-refractivity contribution in [2.24, 2.45) is 0 Å². The number of nitrogens with zero attached hydrogens (tertiary/aromatic N) is 3. The Hall–Kier alpha value is -7.08. The van der Waals surface area contributed by atoms with Crippen LogP contribution in [0.1, 0.15) is 47.2 Å². The van der Waals surface area contributed by atoms with Gasteiger partial charge in [0, 0.05) is 37.6 Å². The predicted molar refractivity (Wildman–Crippen MR) is 246 cm³/mol. The first-order chi connectivity index (χ1) is 29.4. The first kappa shape index (κ1) is 36.0. The monoisotopic (exact) mass is 788 g/mol. The third-order valence-electron chi connectivity index (χ3n) is 12.4. The van der Waals surface area contributed by atoms with Crippen molar-refractivity contribution in [3.8, 4) is 56.4 Å². The summed E-state index contributed by atoms with van der Waals surface area (Å²) in [4.78, 5) is 17.7. The number of fused-ring (bicyclic) bond motifs is 8. The van der Waals surface area contributed by atoms with Gasteiger partial charge in [-0.25, -0.2) is 15.0 Å². The molecule has 0 atom stereocenters. The van der Waals surface area contributed by atoms with Crippen molar-refractivity contribution in [2.75, 3.05) is 5.73 Å². The number of aromatic nitrogens is 3. The van der Waals surface area contributed by atoms with Crippen LogP contribution in [0.2, 0.25) is 0 Å². The number of hydrogen-bond acceptors (Lipinski definition) is 5. The van der Waals surface area contributed by atoms with E-state index in [9.17, 15) is 0 Å². The molecule has 60 heavy (non-hydrogen) atoms. The molecule has 0 bridgehead atoms. The summed E-state index contributed by atoms with van der Waals surface area (Å²) in [5.74, 6) is 1.86. The molecule has 1 aliphatic carbocycles. The lowest BCUT2D eigenvalue weighted by Crippen LogP contribution is -2.43. The van der Waals surface area contributed by atoms with Crippen LogP contribution in [0.5, 0.6) is 0 Å². The molecule has 4 nitrogen and oxygen atoms in total. The molecule has 0 amide bonds. The highest BCUT2D eigenvalue weighted by Crippen LogP contribution is 2.62. The normalized spacial score (nSPS) is 14.1. The van der Waals surface area contributed by atoms with Crippen molar-refractivity contribution in [1.29, 1.82) is 0 Å². The van der Waals surface area contributed by atoms with Crippen LogP contribution in [0.25, 0.3) is 56.4 Å². The van der Waals surface area contributed by atoms with E-state index in [1.807, 2.05) is 66.4 Å².